The average Bonchev–Trinajstić information content (AvgIpc) is 3.28. The highest BCUT2D eigenvalue weighted by Gasteiger charge is 2.26. The van der Waals surface area contributed by atoms with E-state index >= 15 is 0 Å². The number of nitro groups is 1. The third-order valence-corrected chi connectivity index (χ3v) is 5.97. The van der Waals surface area contributed by atoms with Crippen LogP contribution < -0.4 is 5.32 Å². The van der Waals surface area contributed by atoms with Gasteiger partial charge in [-0.05, 0) is 55.3 Å². The van der Waals surface area contributed by atoms with Gasteiger partial charge in [0, 0.05) is 23.7 Å². The van der Waals surface area contributed by atoms with Gasteiger partial charge in [0.2, 0.25) is 0 Å². The first-order valence-electron chi connectivity index (χ1n) is 10.3. The Morgan fingerprint density at radius 2 is 1.77 bits per heavy atom. The minimum Gasteiger partial charge on any atom is -0.350 e. The first-order valence-corrected chi connectivity index (χ1v) is 10.3. The molecule has 0 radical (unpaired) electrons. The molecule has 1 fully saturated rings. The number of hydrogen-bond donors (Lipinski definition) is 1. The summed E-state index contributed by atoms with van der Waals surface area (Å²) in [6.07, 6.45) is 2.30. The number of rotatable bonds is 6. The first-order chi connectivity index (χ1) is 14.6. The number of fused-ring (bicyclic) bond motifs is 1. The summed E-state index contributed by atoms with van der Waals surface area (Å²) >= 11 is 0. The van der Waals surface area contributed by atoms with Crippen LogP contribution in [0.25, 0.3) is 10.8 Å². The van der Waals surface area contributed by atoms with Crippen LogP contribution in [0.4, 0.5) is 5.69 Å². The van der Waals surface area contributed by atoms with Crippen molar-refractivity contribution in [2.45, 2.75) is 25.8 Å². The molecule has 1 aliphatic heterocycles. The van der Waals surface area contributed by atoms with Crippen LogP contribution in [0.15, 0.2) is 60.7 Å². The Morgan fingerprint density at radius 1 is 1.07 bits per heavy atom. The van der Waals surface area contributed by atoms with E-state index in [1.165, 1.54) is 22.4 Å². The molecule has 1 heterocycles. The maximum atomic E-state index is 12.9. The first kappa shape index (κ1) is 20.0. The van der Waals surface area contributed by atoms with Gasteiger partial charge in [-0.3, -0.25) is 19.8 Å². The fraction of sp³-hybridized carbons (Fsp3) is 0.292. The van der Waals surface area contributed by atoms with Crippen LogP contribution in [0.1, 0.15) is 40.4 Å². The Kier molecular flexibility index (Phi) is 5.77. The van der Waals surface area contributed by atoms with Crippen molar-refractivity contribution in [3.63, 3.8) is 0 Å². The number of likely N-dealkylation sites (tertiary alicyclic amines) is 1. The summed E-state index contributed by atoms with van der Waals surface area (Å²) in [7, 11) is 0. The van der Waals surface area contributed by atoms with E-state index < -0.39 is 4.92 Å². The van der Waals surface area contributed by atoms with E-state index in [4.69, 9.17) is 0 Å². The van der Waals surface area contributed by atoms with E-state index in [0.717, 1.165) is 25.9 Å². The van der Waals surface area contributed by atoms with E-state index in [2.05, 4.69) is 40.5 Å². The molecule has 3 aromatic rings. The average molecular weight is 403 g/mol. The molecule has 154 valence electrons. The number of nitro benzene ring substituents is 1. The van der Waals surface area contributed by atoms with E-state index in [1.54, 1.807) is 19.1 Å². The van der Waals surface area contributed by atoms with Gasteiger partial charge in [0.1, 0.15) is 0 Å². The summed E-state index contributed by atoms with van der Waals surface area (Å²) in [5.41, 5.74) is 1.91. The highest BCUT2D eigenvalue weighted by molar-refractivity contribution is 5.96. The van der Waals surface area contributed by atoms with Gasteiger partial charge >= 0.3 is 0 Å². The zero-order valence-electron chi connectivity index (χ0n) is 17.0. The summed E-state index contributed by atoms with van der Waals surface area (Å²) in [6, 6.07) is 19.3. The number of amides is 1. The van der Waals surface area contributed by atoms with Crippen LogP contribution in [0.3, 0.4) is 0 Å². The summed E-state index contributed by atoms with van der Waals surface area (Å²) in [4.78, 5) is 26.1. The van der Waals surface area contributed by atoms with Crippen molar-refractivity contribution in [3.8, 4) is 0 Å². The fourth-order valence-corrected chi connectivity index (χ4v) is 4.38. The maximum absolute atomic E-state index is 12.9. The summed E-state index contributed by atoms with van der Waals surface area (Å²) in [5.74, 6) is -0.277. The largest absolute Gasteiger partial charge is 0.350 e. The molecule has 6 nitrogen and oxygen atoms in total. The number of hydrogen-bond acceptors (Lipinski definition) is 4. The van der Waals surface area contributed by atoms with Crippen molar-refractivity contribution < 1.29 is 9.72 Å². The Bertz CT molecular complexity index is 1080. The monoisotopic (exact) mass is 403 g/mol. The molecule has 0 aliphatic carbocycles. The quantitative estimate of drug-likeness (QED) is 0.481. The Labute approximate surface area is 175 Å². The van der Waals surface area contributed by atoms with Crippen LogP contribution in [0.5, 0.6) is 0 Å². The van der Waals surface area contributed by atoms with E-state index in [0.29, 0.717) is 17.7 Å². The van der Waals surface area contributed by atoms with Crippen molar-refractivity contribution in [1.29, 1.82) is 0 Å². The van der Waals surface area contributed by atoms with Gasteiger partial charge in [-0.2, -0.15) is 0 Å². The van der Waals surface area contributed by atoms with Gasteiger partial charge in [-0.25, -0.2) is 0 Å². The normalized spacial score (nSPS) is 15.2. The number of nitrogens with one attached hydrogen (secondary N) is 1. The highest BCUT2D eigenvalue weighted by atomic mass is 16.6. The second-order valence-corrected chi connectivity index (χ2v) is 7.74. The fourth-order valence-electron chi connectivity index (χ4n) is 4.38. The van der Waals surface area contributed by atoms with Crippen molar-refractivity contribution in [3.05, 3.63) is 87.5 Å². The van der Waals surface area contributed by atoms with E-state index in [-0.39, 0.29) is 17.6 Å². The predicted octanol–water partition coefficient (Wildman–Crippen LogP) is 4.62. The minimum atomic E-state index is -0.449. The molecular weight excluding hydrogens is 378 g/mol. The van der Waals surface area contributed by atoms with Gasteiger partial charge < -0.3 is 5.32 Å². The van der Waals surface area contributed by atoms with Crippen molar-refractivity contribution in [1.82, 2.24) is 10.2 Å². The topological polar surface area (TPSA) is 75.5 Å². The molecule has 1 saturated heterocycles. The van der Waals surface area contributed by atoms with E-state index in [9.17, 15) is 14.9 Å². The molecule has 0 bridgehead atoms. The van der Waals surface area contributed by atoms with Crippen LogP contribution in [-0.2, 0) is 0 Å². The lowest BCUT2D eigenvalue weighted by Crippen LogP contribution is -2.37. The van der Waals surface area contributed by atoms with Gasteiger partial charge in [-0.1, -0.05) is 48.5 Å². The molecule has 6 heteroatoms. The third kappa shape index (κ3) is 3.91. The third-order valence-electron chi connectivity index (χ3n) is 5.97. The molecule has 0 unspecified atom stereocenters. The van der Waals surface area contributed by atoms with Crippen LogP contribution in [-0.4, -0.2) is 35.4 Å². The van der Waals surface area contributed by atoms with Gasteiger partial charge in [0.05, 0.1) is 11.0 Å². The molecule has 4 rings (SSSR count). The number of carbonyl (C=O) groups excluding carboxylic acids is 1. The number of carbonyl (C=O) groups is 1. The molecular formula is C24H25N3O3. The predicted molar refractivity (Wildman–Crippen MR) is 118 cm³/mol. The van der Waals surface area contributed by atoms with Crippen LogP contribution in [0.2, 0.25) is 0 Å². The molecule has 1 aliphatic rings. The molecule has 1 N–H and O–H groups in total. The van der Waals surface area contributed by atoms with Gasteiger partial charge in [0.25, 0.3) is 11.6 Å². The number of nitrogens with zero attached hydrogens (tertiary/aromatic N) is 2. The lowest BCUT2D eigenvalue weighted by molar-refractivity contribution is -0.385. The summed E-state index contributed by atoms with van der Waals surface area (Å²) in [6.45, 7) is 4.07. The zero-order valence-corrected chi connectivity index (χ0v) is 17.0. The molecule has 3 aromatic carbocycles. The SMILES string of the molecule is Cc1c(C(=O)NC[C@@H](c2cccc3ccccc23)N2CCCC2)cccc1[N+](=O)[O-]. The second kappa shape index (κ2) is 8.63. The Balaban J connectivity index is 1.62. The molecule has 1 amide bonds. The smallest absolute Gasteiger partial charge is 0.273 e. The van der Waals surface area contributed by atoms with E-state index in [1.807, 2.05) is 12.1 Å². The lowest BCUT2D eigenvalue weighted by atomic mass is 9.97. The minimum absolute atomic E-state index is 0.0344. The lowest BCUT2D eigenvalue weighted by Gasteiger charge is -2.29. The summed E-state index contributed by atoms with van der Waals surface area (Å²) < 4.78 is 0. The molecule has 0 spiro atoms. The van der Waals surface area contributed by atoms with Crippen LogP contribution in [0, 0.1) is 17.0 Å². The maximum Gasteiger partial charge on any atom is 0.273 e. The Morgan fingerprint density at radius 3 is 2.53 bits per heavy atom. The molecule has 1 atom stereocenters. The highest BCUT2D eigenvalue weighted by Crippen LogP contribution is 2.30. The molecule has 0 aromatic heterocycles. The van der Waals surface area contributed by atoms with Crippen molar-refractivity contribution >= 4 is 22.4 Å². The standard InChI is InChI=1S/C24H25N3O3/c1-17-19(11-7-13-22(17)27(29)30)24(28)25-16-23(26-14-4-5-15-26)21-12-6-9-18-8-2-3-10-20(18)21/h2-3,6-13,23H,4-5,14-16H2,1H3,(H,25,28)/t23-/m0/s1. The number of benzene rings is 3. The molecule has 30 heavy (non-hydrogen) atoms. The van der Waals surface area contributed by atoms with Gasteiger partial charge in [-0.15, -0.1) is 0 Å². The van der Waals surface area contributed by atoms with Crippen molar-refractivity contribution in [2.24, 2.45) is 0 Å². The van der Waals surface area contributed by atoms with Crippen LogP contribution >= 0.6 is 0 Å². The van der Waals surface area contributed by atoms with Gasteiger partial charge in [0.15, 0.2) is 0 Å². The molecule has 0 saturated carbocycles. The Hall–Kier alpha value is -3.25. The second-order valence-electron chi connectivity index (χ2n) is 7.74. The summed E-state index contributed by atoms with van der Waals surface area (Å²) in [5, 5.41) is 16.6. The zero-order chi connectivity index (χ0) is 21.1. The van der Waals surface area contributed by atoms with Crippen molar-refractivity contribution in [2.75, 3.05) is 19.6 Å².